The average Bonchev–Trinajstić information content (AvgIpc) is 3.01. The summed E-state index contributed by atoms with van der Waals surface area (Å²) in [6.45, 7) is 0.379. The Morgan fingerprint density at radius 1 is 1.26 bits per heavy atom. The number of carbonyl (C=O) groups is 2. The maximum absolute atomic E-state index is 13.4. The number of hydrogen-bond acceptors (Lipinski definition) is 4. The lowest BCUT2D eigenvalue weighted by Crippen LogP contribution is -2.32. The van der Waals surface area contributed by atoms with Gasteiger partial charge in [-0.3, -0.25) is 9.59 Å². The Labute approximate surface area is 155 Å². The van der Waals surface area contributed by atoms with Crippen molar-refractivity contribution in [2.45, 2.75) is 13.0 Å². The largest absolute Gasteiger partial charge is 0.363 e. The van der Waals surface area contributed by atoms with Crippen LogP contribution in [-0.4, -0.2) is 37.4 Å². The number of nitrogens with one attached hydrogen (secondary N) is 1. The minimum Gasteiger partial charge on any atom is -0.363 e. The molecule has 1 aliphatic heterocycles. The number of carbonyl (C=O) groups excluding carboxylic acids is 2. The quantitative estimate of drug-likeness (QED) is 0.871. The van der Waals surface area contributed by atoms with Crippen LogP contribution in [0.3, 0.4) is 0 Å². The van der Waals surface area contributed by atoms with Crippen molar-refractivity contribution < 1.29 is 18.4 Å². The van der Waals surface area contributed by atoms with Crippen LogP contribution in [0.2, 0.25) is 0 Å². The Bertz CT molecular complexity index is 835. The minimum absolute atomic E-state index is 0.00177. The van der Waals surface area contributed by atoms with E-state index in [1.807, 2.05) is 31.1 Å². The number of pyridine rings is 1. The molecule has 1 aromatic heterocycles. The first-order valence-corrected chi connectivity index (χ1v) is 8.50. The van der Waals surface area contributed by atoms with Crippen molar-refractivity contribution in [2.75, 3.05) is 30.4 Å². The van der Waals surface area contributed by atoms with E-state index in [0.717, 1.165) is 29.6 Å². The summed E-state index contributed by atoms with van der Waals surface area (Å²) in [5.41, 5.74) is 0.957. The molecule has 1 fully saturated rings. The molecular formula is C19H20F2N4O2. The van der Waals surface area contributed by atoms with E-state index in [1.165, 1.54) is 4.90 Å². The van der Waals surface area contributed by atoms with Gasteiger partial charge in [0.2, 0.25) is 11.8 Å². The monoisotopic (exact) mass is 374 g/mol. The fourth-order valence-electron chi connectivity index (χ4n) is 2.95. The standard InChI is InChI=1S/C19H20F2N4O2/c1-24(2)17-4-3-12(9-22-17)10-23-19(27)13-5-18(26)25(11-13)16-7-14(20)6-15(21)8-16/h3-4,6-9,13H,5,10-11H2,1-2H3,(H,23,27). The van der Waals surface area contributed by atoms with Gasteiger partial charge in [-0.2, -0.15) is 0 Å². The number of rotatable bonds is 5. The number of amides is 2. The SMILES string of the molecule is CN(C)c1ccc(CNC(=O)C2CC(=O)N(c3cc(F)cc(F)c3)C2)cn1. The number of anilines is 2. The van der Waals surface area contributed by atoms with Crippen molar-refractivity contribution in [1.29, 1.82) is 0 Å². The first-order chi connectivity index (χ1) is 12.8. The molecule has 1 saturated heterocycles. The molecule has 3 rings (SSSR count). The Kier molecular flexibility index (Phi) is 5.34. The van der Waals surface area contributed by atoms with Crippen LogP contribution < -0.4 is 15.1 Å². The molecule has 142 valence electrons. The van der Waals surface area contributed by atoms with Crippen LogP contribution in [0.5, 0.6) is 0 Å². The highest BCUT2D eigenvalue weighted by molar-refractivity contribution is 6.00. The van der Waals surface area contributed by atoms with Crippen LogP contribution in [0, 0.1) is 17.6 Å². The van der Waals surface area contributed by atoms with Crippen molar-refractivity contribution in [3.8, 4) is 0 Å². The first kappa shape index (κ1) is 18.8. The molecule has 0 saturated carbocycles. The lowest BCUT2D eigenvalue weighted by Gasteiger charge is -2.17. The molecule has 1 N–H and O–H groups in total. The van der Waals surface area contributed by atoms with Gasteiger partial charge in [0.25, 0.3) is 0 Å². The molecule has 0 radical (unpaired) electrons. The lowest BCUT2D eigenvalue weighted by molar-refractivity contribution is -0.126. The van der Waals surface area contributed by atoms with Crippen molar-refractivity contribution in [3.63, 3.8) is 0 Å². The van der Waals surface area contributed by atoms with Crippen LogP contribution in [0.15, 0.2) is 36.5 Å². The summed E-state index contributed by atoms with van der Waals surface area (Å²) >= 11 is 0. The van der Waals surface area contributed by atoms with E-state index in [-0.39, 0.29) is 30.5 Å². The molecule has 0 bridgehead atoms. The van der Waals surface area contributed by atoms with Crippen molar-refractivity contribution >= 4 is 23.3 Å². The predicted octanol–water partition coefficient (Wildman–Crippen LogP) is 2.10. The second-order valence-corrected chi connectivity index (χ2v) is 6.67. The fraction of sp³-hybridized carbons (Fsp3) is 0.316. The van der Waals surface area contributed by atoms with E-state index in [0.29, 0.717) is 6.54 Å². The van der Waals surface area contributed by atoms with E-state index >= 15 is 0 Å². The van der Waals surface area contributed by atoms with Gasteiger partial charge in [-0.05, 0) is 23.8 Å². The molecule has 6 nitrogen and oxygen atoms in total. The molecule has 2 aromatic rings. The van der Waals surface area contributed by atoms with Gasteiger partial charge in [0.05, 0.1) is 5.92 Å². The Balaban J connectivity index is 1.60. The second kappa shape index (κ2) is 7.69. The summed E-state index contributed by atoms with van der Waals surface area (Å²) in [6, 6.07) is 6.62. The third-order valence-corrected chi connectivity index (χ3v) is 4.39. The van der Waals surface area contributed by atoms with Gasteiger partial charge in [0, 0.05) is 51.6 Å². The van der Waals surface area contributed by atoms with Crippen LogP contribution in [0.1, 0.15) is 12.0 Å². The van der Waals surface area contributed by atoms with Gasteiger partial charge < -0.3 is 15.1 Å². The van der Waals surface area contributed by atoms with Crippen molar-refractivity contribution in [2.24, 2.45) is 5.92 Å². The number of benzene rings is 1. The van der Waals surface area contributed by atoms with Crippen molar-refractivity contribution in [3.05, 3.63) is 53.7 Å². The van der Waals surface area contributed by atoms with Gasteiger partial charge in [-0.1, -0.05) is 6.07 Å². The van der Waals surface area contributed by atoms with Crippen LogP contribution in [-0.2, 0) is 16.1 Å². The van der Waals surface area contributed by atoms with E-state index in [9.17, 15) is 18.4 Å². The third-order valence-electron chi connectivity index (χ3n) is 4.39. The highest BCUT2D eigenvalue weighted by Crippen LogP contribution is 2.26. The summed E-state index contributed by atoms with van der Waals surface area (Å²) in [5.74, 6) is -1.91. The third kappa shape index (κ3) is 4.39. The zero-order valence-electron chi connectivity index (χ0n) is 15.1. The van der Waals surface area contributed by atoms with E-state index in [2.05, 4.69) is 10.3 Å². The Morgan fingerprint density at radius 3 is 2.56 bits per heavy atom. The lowest BCUT2D eigenvalue weighted by atomic mass is 10.1. The second-order valence-electron chi connectivity index (χ2n) is 6.67. The van der Waals surface area contributed by atoms with Gasteiger partial charge in [-0.25, -0.2) is 13.8 Å². The van der Waals surface area contributed by atoms with E-state index < -0.39 is 17.6 Å². The molecule has 8 heteroatoms. The summed E-state index contributed by atoms with van der Waals surface area (Å²) < 4.78 is 26.8. The normalized spacial score (nSPS) is 16.5. The van der Waals surface area contributed by atoms with Gasteiger partial charge in [-0.15, -0.1) is 0 Å². The van der Waals surface area contributed by atoms with Gasteiger partial charge in [0.1, 0.15) is 17.5 Å². The van der Waals surface area contributed by atoms with Crippen LogP contribution >= 0.6 is 0 Å². The molecule has 1 atom stereocenters. The molecule has 1 unspecified atom stereocenters. The fourth-order valence-corrected chi connectivity index (χ4v) is 2.95. The highest BCUT2D eigenvalue weighted by atomic mass is 19.1. The predicted molar refractivity (Wildman–Crippen MR) is 97.2 cm³/mol. The Morgan fingerprint density at radius 2 is 1.96 bits per heavy atom. The molecule has 0 aliphatic carbocycles. The van der Waals surface area contributed by atoms with E-state index in [4.69, 9.17) is 0 Å². The summed E-state index contributed by atoms with van der Waals surface area (Å²) in [6.07, 6.45) is 1.68. The van der Waals surface area contributed by atoms with Gasteiger partial charge >= 0.3 is 0 Å². The highest BCUT2D eigenvalue weighted by Gasteiger charge is 2.35. The minimum atomic E-state index is -0.764. The number of halogens is 2. The first-order valence-electron chi connectivity index (χ1n) is 8.50. The molecule has 0 spiro atoms. The molecule has 27 heavy (non-hydrogen) atoms. The topological polar surface area (TPSA) is 65.5 Å². The summed E-state index contributed by atoms with van der Waals surface area (Å²) in [7, 11) is 3.77. The summed E-state index contributed by atoms with van der Waals surface area (Å²) in [5, 5.41) is 2.79. The molecule has 1 aliphatic rings. The zero-order chi connectivity index (χ0) is 19.6. The molecule has 2 heterocycles. The maximum Gasteiger partial charge on any atom is 0.227 e. The van der Waals surface area contributed by atoms with E-state index in [1.54, 1.807) is 6.20 Å². The molecule has 2 amide bonds. The van der Waals surface area contributed by atoms with Gasteiger partial charge in [0.15, 0.2) is 0 Å². The number of aromatic nitrogens is 1. The molecule has 1 aromatic carbocycles. The number of nitrogens with zero attached hydrogens (tertiary/aromatic N) is 3. The zero-order valence-corrected chi connectivity index (χ0v) is 15.1. The molecular weight excluding hydrogens is 354 g/mol. The summed E-state index contributed by atoms with van der Waals surface area (Å²) in [4.78, 5) is 31.9. The average molecular weight is 374 g/mol. The van der Waals surface area contributed by atoms with Crippen LogP contribution in [0.4, 0.5) is 20.3 Å². The maximum atomic E-state index is 13.4. The number of hydrogen-bond donors (Lipinski definition) is 1. The Hall–Kier alpha value is -3.03. The van der Waals surface area contributed by atoms with Crippen LogP contribution in [0.25, 0.3) is 0 Å². The van der Waals surface area contributed by atoms with Crippen molar-refractivity contribution in [1.82, 2.24) is 10.3 Å². The smallest absolute Gasteiger partial charge is 0.227 e.